The highest BCUT2D eigenvalue weighted by molar-refractivity contribution is 5.99. The van der Waals surface area contributed by atoms with Crippen LogP contribution in [0.5, 0.6) is 0 Å². The van der Waals surface area contributed by atoms with Crippen molar-refractivity contribution >= 4 is 11.7 Å². The van der Waals surface area contributed by atoms with Gasteiger partial charge in [0.2, 0.25) is 0 Å². The Morgan fingerprint density at radius 2 is 1.87 bits per heavy atom. The predicted molar refractivity (Wildman–Crippen MR) is 55.7 cm³/mol. The third-order valence-corrected chi connectivity index (χ3v) is 1.98. The maximum atomic E-state index is 11.6. The lowest BCUT2D eigenvalue weighted by Crippen LogP contribution is -2.44. The number of hydrazine groups is 1. The van der Waals surface area contributed by atoms with Gasteiger partial charge in [-0.15, -0.1) is 0 Å². The molecule has 1 aromatic rings. The SMILES string of the molecule is NNC(=O)C(N)CC(=O)c1ccccc1. The van der Waals surface area contributed by atoms with Crippen LogP contribution in [0.25, 0.3) is 0 Å². The number of rotatable bonds is 4. The molecule has 15 heavy (non-hydrogen) atoms. The van der Waals surface area contributed by atoms with E-state index in [-0.39, 0.29) is 12.2 Å². The molecule has 1 atom stereocenters. The molecule has 1 aromatic carbocycles. The summed E-state index contributed by atoms with van der Waals surface area (Å²) in [6.07, 6.45) is -0.0486. The Hall–Kier alpha value is -1.72. The predicted octanol–water partition coefficient (Wildman–Crippen LogP) is -0.423. The molecule has 0 saturated heterocycles. The van der Waals surface area contributed by atoms with Gasteiger partial charge in [-0.1, -0.05) is 30.3 Å². The number of amides is 1. The van der Waals surface area contributed by atoms with Crippen LogP contribution in [-0.4, -0.2) is 17.7 Å². The molecule has 5 N–H and O–H groups in total. The van der Waals surface area contributed by atoms with Crippen LogP contribution < -0.4 is 17.0 Å². The first-order valence-electron chi connectivity index (χ1n) is 4.49. The topological polar surface area (TPSA) is 98.2 Å². The lowest BCUT2D eigenvalue weighted by Gasteiger charge is -2.08. The van der Waals surface area contributed by atoms with Gasteiger partial charge in [0.15, 0.2) is 5.78 Å². The van der Waals surface area contributed by atoms with Crippen molar-refractivity contribution in [2.75, 3.05) is 0 Å². The van der Waals surface area contributed by atoms with Gasteiger partial charge in [-0.25, -0.2) is 5.84 Å². The van der Waals surface area contributed by atoms with Crippen LogP contribution in [0.1, 0.15) is 16.8 Å². The molecule has 0 radical (unpaired) electrons. The number of carbonyl (C=O) groups is 2. The minimum absolute atomic E-state index is 0.0486. The van der Waals surface area contributed by atoms with Gasteiger partial charge in [0.25, 0.3) is 5.91 Å². The van der Waals surface area contributed by atoms with Gasteiger partial charge >= 0.3 is 0 Å². The van der Waals surface area contributed by atoms with E-state index >= 15 is 0 Å². The summed E-state index contributed by atoms with van der Waals surface area (Å²) in [5, 5.41) is 0. The second kappa shape index (κ2) is 5.23. The number of ketones is 1. The smallest absolute Gasteiger partial charge is 0.251 e. The molecule has 1 amide bonds. The summed E-state index contributed by atoms with van der Waals surface area (Å²) >= 11 is 0. The average Bonchev–Trinajstić information content (AvgIpc) is 2.29. The quantitative estimate of drug-likeness (QED) is 0.270. The van der Waals surface area contributed by atoms with E-state index in [0.717, 1.165) is 0 Å². The number of nitrogens with one attached hydrogen (secondary N) is 1. The highest BCUT2D eigenvalue weighted by atomic mass is 16.2. The minimum atomic E-state index is -0.900. The largest absolute Gasteiger partial charge is 0.319 e. The highest BCUT2D eigenvalue weighted by Crippen LogP contribution is 2.04. The Bertz CT molecular complexity index is 351. The second-order valence-corrected chi connectivity index (χ2v) is 3.11. The molecule has 0 spiro atoms. The van der Waals surface area contributed by atoms with Crippen LogP contribution in [0.3, 0.4) is 0 Å². The van der Waals surface area contributed by atoms with Gasteiger partial charge < -0.3 is 5.73 Å². The van der Waals surface area contributed by atoms with Crippen molar-refractivity contribution in [1.29, 1.82) is 0 Å². The molecule has 5 nitrogen and oxygen atoms in total. The van der Waals surface area contributed by atoms with E-state index in [0.29, 0.717) is 5.56 Å². The molecule has 5 heteroatoms. The zero-order valence-electron chi connectivity index (χ0n) is 8.14. The first-order valence-corrected chi connectivity index (χ1v) is 4.49. The fourth-order valence-electron chi connectivity index (χ4n) is 1.14. The van der Waals surface area contributed by atoms with E-state index in [2.05, 4.69) is 0 Å². The minimum Gasteiger partial charge on any atom is -0.319 e. The van der Waals surface area contributed by atoms with Crippen LogP contribution in [0, 0.1) is 0 Å². The Labute approximate surface area is 87.4 Å². The second-order valence-electron chi connectivity index (χ2n) is 3.11. The van der Waals surface area contributed by atoms with E-state index in [9.17, 15) is 9.59 Å². The standard InChI is InChI=1S/C10H13N3O2/c11-8(10(15)13-12)6-9(14)7-4-2-1-3-5-7/h1-5,8H,6,11-12H2,(H,13,15). The molecule has 80 valence electrons. The fourth-order valence-corrected chi connectivity index (χ4v) is 1.14. The summed E-state index contributed by atoms with van der Waals surface area (Å²) in [5.74, 6) is 4.18. The molecule has 0 heterocycles. The Balaban J connectivity index is 2.61. The first kappa shape index (κ1) is 11.4. The molecule has 0 aromatic heterocycles. The van der Waals surface area contributed by atoms with E-state index in [1.54, 1.807) is 24.3 Å². The maximum Gasteiger partial charge on any atom is 0.251 e. The summed E-state index contributed by atoms with van der Waals surface area (Å²) in [6.45, 7) is 0. The van der Waals surface area contributed by atoms with E-state index < -0.39 is 11.9 Å². The molecule has 0 aliphatic rings. The Kier molecular flexibility index (Phi) is 3.96. The average molecular weight is 207 g/mol. The Morgan fingerprint density at radius 1 is 1.27 bits per heavy atom. The number of carbonyl (C=O) groups excluding carboxylic acids is 2. The lowest BCUT2D eigenvalue weighted by atomic mass is 10.0. The van der Waals surface area contributed by atoms with Crippen LogP contribution in [0.15, 0.2) is 30.3 Å². The van der Waals surface area contributed by atoms with Gasteiger partial charge in [0.1, 0.15) is 0 Å². The zero-order chi connectivity index (χ0) is 11.3. The summed E-state index contributed by atoms with van der Waals surface area (Å²) in [7, 11) is 0. The van der Waals surface area contributed by atoms with Crippen molar-refractivity contribution in [2.45, 2.75) is 12.5 Å². The molecule has 0 bridgehead atoms. The van der Waals surface area contributed by atoms with E-state index in [1.807, 2.05) is 11.5 Å². The van der Waals surface area contributed by atoms with Gasteiger partial charge in [0.05, 0.1) is 6.04 Å². The van der Waals surface area contributed by atoms with Crippen molar-refractivity contribution in [3.05, 3.63) is 35.9 Å². The van der Waals surface area contributed by atoms with Crippen molar-refractivity contribution in [1.82, 2.24) is 5.43 Å². The van der Waals surface area contributed by atoms with Crippen LogP contribution in [-0.2, 0) is 4.79 Å². The lowest BCUT2D eigenvalue weighted by molar-refractivity contribution is -0.122. The molecular formula is C10H13N3O2. The third-order valence-electron chi connectivity index (χ3n) is 1.98. The molecule has 0 aliphatic carbocycles. The number of benzene rings is 1. The summed E-state index contributed by atoms with van der Waals surface area (Å²) < 4.78 is 0. The summed E-state index contributed by atoms with van der Waals surface area (Å²) in [4.78, 5) is 22.5. The van der Waals surface area contributed by atoms with E-state index in [4.69, 9.17) is 11.6 Å². The molecule has 1 rings (SSSR count). The third kappa shape index (κ3) is 3.16. The number of Topliss-reactive ketones (excluding diaryl/α,β-unsaturated/α-hetero) is 1. The summed E-state index contributed by atoms with van der Waals surface area (Å²) in [5.41, 5.74) is 7.90. The van der Waals surface area contributed by atoms with Crippen molar-refractivity contribution in [3.63, 3.8) is 0 Å². The molecule has 0 aliphatic heterocycles. The Morgan fingerprint density at radius 3 is 2.40 bits per heavy atom. The highest BCUT2D eigenvalue weighted by Gasteiger charge is 2.17. The van der Waals surface area contributed by atoms with Gasteiger partial charge in [-0.2, -0.15) is 0 Å². The van der Waals surface area contributed by atoms with Gasteiger partial charge in [0, 0.05) is 12.0 Å². The molecule has 1 unspecified atom stereocenters. The normalized spacial score (nSPS) is 11.9. The maximum absolute atomic E-state index is 11.6. The van der Waals surface area contributed by atoms with Crippen molar-refractivity contribution in [2.24, 2.45) is 11.6 Å². The first-order chi connectivity index (χ1) is 7.15. The van der Waals surface area contributed by atoms with Gasteiger partial charge in [-0.3, -0.25) is 15.0 Å². The number of nitrogens with two attached hydrogens (primary N) is 2. The van der Waals surface area contributed by atoms with Crippen LogP contribution >= 0.6 is 0 Å². The number of hydrogen-bond acceptors (Lipinski definition) is 4. The van der Waals surface area contributed by atoms with Crippen LogP contribution in [0.4, 0.5) is 0 Å². The van der Waals surface area contributed by atoms with Crippen molar-refractivity contribution in [3.8, 4) is 0 Å². The van der Waals surface area contributed by atoms with E-state index in [1.165, 1.54) is 0 Å². The van der Waals surface area contributed by atoms with Gasteiger partial charge in [-0.05, 0) is 0 Å². The number of hydrogen-bond donors (Lipinski definition) is 3. The molecule has 0 saturated carbocycles. The molecule has 0 fully saturated rings. The summed E-state index contributed by atoms with van der Waals surface area (Å²) in [6, 6.07) is 7.76. The molecular weight excluding hydrogens is 194 g/mol. The van der Waals surface area contributed by atoms with Crippen molar-refractivity contribution < 1.29 is 9.59 Å². The van der Waals surface area contributed by atoms with Crippen LogP contribution in [0.2, 0.25) is 0 Å². The zero-order valence-corrected chi connectivity index (χ0v) is 8.14. The monoisotopic (exact) mass is 207 g/mol. The fraction of sp³-hybridized carbons (Fsp3) is 0.200.